The number of likely N-dealkylation sites (N-methyl/N-ethyl adjacent to an activating group) is 1. The molecule has 0 spiro atoms. The number of amides is 1. The van der Waals surface area contributed by atoms with Crippen LogP contribution < -0.4 is 9.47 Å². The summed E-state index contributed by atoms with van der Waals surface area (Å²) in [5.74, 6) is -1.39. The van der Waals surface area contributed by atoms with Gasteiger partial charge in [0.2, 0.25) is 0 Å². The fourth-order valence-electron chi connectivity index (χ4n) is 4.04. The summed E-state index contributed by atoms with van der Waals surface area (Å²) in [4.78, 5) is 29.9. The standard InChI is InChI=1S/C25H29FN2O5/c1-5-27(6-2)13-14-28-22(19-15-18(32-3)11-12-20(19)33-4)21(24(30)25(28)31)23(29)16-7-9-17(26)10-8-16/h7-12,15,22,29H,5-6,13-14H2,1-4H3/b23-21+/t22-/m1/s1. The van der Waals surface area contributed by atoms with E-state index >= 15 is 0 Å². The van der Waals surface area contributed by atoms with Gasteiger partial charge in [-0.2, -0.15) is 0 Å². The Labute approximate surface area is 193 Å². The van der Waals surface area contributed by atoms with Crippen LogP contribution in [-0.2, 0) is 9.59 Å². The average molecular weight is 457 g/mol. The lowest BCUT2D eigenvalue weighted by atomic mass is 9.94. The first kappa shape index (κ1) is 24.3. The van der Waals surface area contributed by atoms with Crippen molar-refractivity contribution in [2.45, 2.75) is 19.9 Å². The number of hydrogen-bond acceptors (Lipinski definition) is 6. The summed E-state index contributed by atoms with van der Waals surface area (Å²) in [5.41, 5.74) is 0.682. The zero-order valence-corrected chi connectivity index (χ0v) is 19.3. The van der Waals surface area contributed by atoms with Crippen molar-refractivity contribution in [1.29, 1.82) is 0 Å². The van der Waals surface area contributed by atoms with Crippen molar-refractivity contribution < 1.29 is 28.6 Å². The lowest BCUT2D eigenvalue weighted by Gasteiger charge is -2.29. The van der Waals surface area contributed by atoms with Crippen molar-refractivity contribution in [3.8, 4) is 11.5 Å². The Morgan fingerprint density at radius 3 is 2.30 bits per heavy atom. The monoisotopic (exact) mass is 456 g/mol. The highest BCUT2D eigenvalue weighted by Crippen LogP contribution is 2.43. The molecule has 0 aromatic heterocycles. The van der Waals surface area contributed by atoms with Gasteiger partial charge in [-0.1, -0.05) is 13.8 Å². The Balaban J connectivity index is 2.19. The van der Waals surface area contributed by atoms with E-state index in [0.29, 0.717) is 23.6 Å². The highest BCUT2D eigenvalue weighted by atomic mass is 19.1. The first-order valence-corrected chi connectivity index (χ1v) is 10.8. The van der Waals surface area contributed by atoms with Gasteiger partial charge in [0.1, 0.15) is 23.1 Å². The molecule has 1 saturated heterocycles. The third kappa shape index (κ3) is 4.85. The predicted molar refractivity (Wildman–Crippen MR) is 123 cm³/mol. The van der Waals surface area contributed by atoms with Gasteiger partial charge < -0.3 is 24.4 Å². The van der Waals surface area contributed by atoms with E-state index in [1.54, 1.807) is 18.2 Å². The normalized spacial score (nSPS) is 17.6. The minimum absolute atomic E-state index is 0.0716. The zero-order valence-electron chi connectivity index (χ0n) is 19.3. The average Bonchev–Trinajstić information content (AvgIpc) is 3.09. The summed E-state index contributed by atoms with van der Waals surface area (Å²) in [6.07, 6.45) is 0. The van der Waals surface area contributed by atoms with Gasteiger partial charge in [-0.15, -0.1) is 0 Å². The lowest BCUT2D eigenvalue weighted by Crippen LogP contribution is -2.38. The topological polar surface area (TPSA) is 79.3 Å². The van der Waals surface area contributed by atoms with Crippen molar-refractivity contribution in [1.82, 2.24) is 9.80 Å². The second-order valence-electron chi connectivity index (χ2n) is 7.63. The molecule has 7 nitrogen and oxygen atoms in total. The molecule has 33 heavy (non-hydrogen) atoms. The number of Topliss-reactive ketones (excluding diaryl/α,β-unsaturated/α-hetero) is 1. The van der Waals surface area contributed by atoms with E-state index in [9.17, 15) is 19.1 Å². The van der Waals surface area contributed by atoms with Crippen molar-refractivity contribution >= 4 is 17.4 Å². The van der Waals surface area contributed by atoms with Crippen LogP contribution in [0.25, 0.3) is 5.76 Å². The van der Waals surface area contributed by atoms with Crippen molar-refractivity contribution in [3.05, 3.63) is 65.0 Å². The van der Waals surface area contributed by atoms with Gasteiger partial charge in [0.15, 0.2) is 0 Å². The number of ketones is 1. The summed E-state index contributed by atoms with van der Waals surface area (Å²) in [6, 6.07) is 9.32. The number of aliphatic hydroxyl groups excluding tert-OH is 1. The maximum absolute atomic E-state index is 13.4. The van der Waals surface area contributed by atoms with Gasteiger partial charge in [0.05, 0.1) is 25.8 Å². The Kier molecular flexibility index (Phi) is 7.71. The summed E-state index contributed by atoms with van der Waals surface area (Å²) in [6.45, 7) is 6.46. The molecule has 8 heteroatoms. The van der Waals surface area contributed by atoms with Crippen molar-refractivity contribution in [2.24, 2.45) is 0 Å². The lowest BCUT2D eigenvalue weighted by molar-refractivity contribution is -0.140. The van der Waals surface area contributed by atoms with Crippen LogP contribution in [-0.4, -0.2) is 67.0 Å². The van der Waals surface area contributed by atoms with Gasteiger partial charge in [-0.05, 0) is 55.6 Å². The molecule has 0 bridgehead atoms. The first-order valence-electron chi connectivity index (χ1n) is 10.8. The van der Waals surface area contributed by atoms with Crippen LogP contribution in [0.5, 0.6) is 11.5 Å². The van der Waals surface area contributed by atoms with E-state index in [1.165, 1.54) is 43.4 Å². The number of methoxy groups -OCH3 is 2. The third-order valence-corrected chi connectivity index (χ3v) is 5.94. The van der Waals surface area contributed by atoms with Crippen LogP contribution in [0.2, 0.25) is 0 Å². The van der Waals surface area contributed by atoms with E-state index in [1.807, 2.05) is 13.8 Å². The number of hydrogen-bond donors (Lipinski definition) is 1. The van der Waals surface area contributed by atoms with Gasteiger partial charge in [0.25, 0.3) is 11.7 Å². The summed E-state index contributed by atoms with van der Waals surface area (Å²) in [5, 5.41) is 11.1. The number of likely N-dealkylation sites (tertiary alicyclic amines) is 1. The second-order valence-corrected chi connectivity index (χ2v) is 7.63. The molecule has 1 amide bonds. The fourth-order valence-corrected chi connectivity index (χ4v) is 4.04. The molecular weight excluding hydrogens is 427 g/mol. The largest absolute Gasteiger partial charge is 0.507 e. The maximum Gasteiger partial charge on any atom is 0.295 e. The predicted octanol–water partition coefficient (Wildman–Crippen LogP) is 3.61. The number of rotatable bonds is 9. The molecule has 0 unspecified atom stereocenters. The summed E-state index contributed by atoms with van der Waals surface area (Å²) >= 11 is 0. The van der Waals surface area contributed by atoms with E-state index in [2.05, 4.69) is 4.90 Å². The number of halogens is 1. The highest BCUT2D eigenvalue weighted by Gasteiger charge is 2.47. The van der Waals surface area contributed by atoms with E-state index in [0.717, 1.165) is 13.1 Å². The number of carbonyl (C=O) groups is 2. The smallest absolute Gasteiger partial charge is 0.295 e. The Morgan fingerprint density at radius 1 is 1.06 bits per heavy atom. The zero-order chi connectivity index (χ0) is 24.1. The minimum atomic E-state index is -0.893. The molecule has 3 rings (SSSR count). The van der Waals surface area contributed by atoms with Crippen LogP contribution in [0, 0.1) is 5.82 Å². The van der Waals surface area contributed by atoms with E-state index in [4.69, 9.17) is 9.47 Å². The molecule has 1 aliphatic heterocycles. The first-order chi connectivity index (χ1) is 15.9. The molecule has 1 N–H and O–H groups in total. The van der Waals surface area contributed by atoms with Crippen molar-refractivity contribution in [3.63, 3.8) is 0 Å². The minimum Gasteiger partial charge on any atom is -0.507 e. The van der Waals surface area contributed by atoms with Crippen LogP contribution >= 0.6 is 0 Å². The molecule has 2 aromatic carbocycles. The molecule has 0 aliphatic carbocycles. The number of nitrogens with zero attached hydrogens (tertiary/aromatic N) is 2. The van der Waals surface area contributed by atoms with Gasteiger partial charge in [0, 0.05) is 24.2 Å². The van der Waals surface area contributed by atoms with Crippen LogP contribution in [0.4, 0.5) is 4.39 Å². The fraction of sp³-hybridized carbons (Fsp3) is 0.360. The van der Waals surface area contributed by atoms with Crippen LogP contribution in [0.1, 0.15) is 31.0 Å². The van der Waals surface area contributed by atoms with Gasteiger partial charge in [-0.3, -0.25) is 9.59 Å². The highest BCUT2D eigenvalue weighted by molar-refractivity contribution is 6.46. The molecule has 1 heterocycles. The van der Waals surface area contributed by atoms with Crippen LogP contribution in [0.15, 0.2) is 48.0 Å². The number of benzene rings is 2. The molecule has 1 aliphatic rings. The molecule has 1 fully saturated rings. The van der Waals surface area contributed by atoms with Gasteiger partial charge >= 0.3 is 0 Å². The number of carbonyl (C=O) groups excluding carboxylic acids is 2. The van der Waals surface area contributed by atoms with Gasteiger partial charge in [-0.25, -0.2) is 4.39 Å². The Bertz CT molecular complexity index is 1050. The molecular formula is C25H29FN2O5. The quantitative estimate of drug-likeness (QED) is 0.353. The number of ether oxygens (including phenoxy) is 2. The third-order valence-electron chi connectivity index (χ3n) is 5.94. The van der Waals surface area contributed by atoms with E-state index in [-0.39, 0.29) is 23.4 Å². The summed E-state index contributed by atoms with van der Waals surface area (Å²) in [7, 11) is 3.01. The number of aliphatic hydroxyl groups is 1. The molecule has 0 saturated carbocycles. The maximum atomic E-state index is 13.4. The second kappa shape index (κ2) is 10.5. The van der Waals surface area contributed by atoms with Crippen molar-refractivity contribution in [2.75, 3.05) is 40.4 Å². The SMILES string of the molecule is CCN(CC)CCN1C(=O)C(=O)/C(=C(/O)c2ccc(F)cc2)[C@H]1c1cc(OC)ccc1OC. The molecule has 0 radical (unpaired) electrons. The molecule has 2 aromatic rings. The molecule has 176 valence electrons. The Hall–Kier alpha value is -3.39. The van der Waals surface area contributed by atoms with Crippen LogP contribution in [0.3, 0.4) is 0 Å². The summed E-state index contributed by atoms with van der Waals surface area (Å²) < 4.78 is 24.3. The molecule has 1 atom stereocenters. The Morgan fingerprint density at radius 2 is 1.73 bits per heavy atom. The van der Waals surface area contributed by atoms with E-state index < -0.39 is 23.5 Å².